The van der Waals surface area contributed by atoms with Crippen LogP contribution in [0.1, 0.15) is 15.9 Å². The van der Waals surface area contributed by atoms with E-state index >= 15 is 0 Å². The van der Waals surface area contributed by atoms with Crippen LogP contribution in [-0.4, -0.2) is 16.1 Å². The summed E-state index contributed by atoms with van der Waals surface area (Å²) in [5, 5.41) is 14.2. The minimum Gasteiger partial charge on any atom is -0.422 e. The molecule has 8 heteroatoms. The number of hydrogen-bond acceptors (Lipinski definition) is 7. The van der Waals surface area contributed by atoms with Gasteiger partial charge in [0, 0.05) is 11.1 Å². The van der Waals surface area contributed by atoms with Crippen LogP contribution in [0.3, 0.4) is 0 Å². The van der Waals surface area contributed by atoms with Crippen molar-refractivity contribution in [3.8, 4) is 0 Å². The molecule has 0 unspecified atom stereocenters. The number of carbonyl (C=O) groups is 1. The number of fused-ring (bicyclic) bond motifs is 2. The van der Waals surface area contributed by atoms with E-state index in [1.807, 2.05) is 24.3 Å². The lowest BCUT2D eigenvalue weighted by molar-refractivity contribution is 0.102. The zero-order chi connectivity index (χ0) is 21.2. The number of carbonyl (C=O) groups excluding carboxylic acids is 1. The average molecular weight is 446 g/mol. The first-order valence-electron chi connectivity index (χ1n) is 9.44. The third kappa shape index (κ3) is 4.08. The number of anilines is 1. The molecule has 0 aliphatic rings. The maximum Gasteiger partial charge on any atom is 0.349 e. The molecule has 5 aromatic rings. The van der Waals surface area contributed by atoms with Crippen LogP contribution in [0.4, 0.5) is 5.13 Å². The summed E-state index contributed by atoms with van der Waals surface area (Å²) in [5.41, 5.74) is 0.884. The van der Waals surface area contributed by atoms with Gasteiger partial charge >= 0.3 is 5.63 Å². The highest BCUT2D eigenvalue weighted by Gasteiger charge is 2.16. The maximum atomic E-state index is 12.6. The molecule has 1 amide bonds. The smallest absolute Gasteiger partial charge is 0.349 e. The Morgan fingerprint density at radius 3 is 2.65 bits per heavy atom. The van der Waals surface area contributed by atoms with Gasteiger partial charge in [-0.3, -0.25) is 10.1 Å². The molecule has 31 heavy (non-hydrogen) atoms. The van der Waals surface area contributed by atoms with Gasteiger partial charge in [0.25, 0.3) is 5.91 Å². The van der Waals surface area contributed by atoms with Crippen LogP contribution in [0.25, 0.3) is 21.7 Å². The number of para-hydroxylation sites is 1. The van der Waals surface area contributed by atoms with E-state index in [9.17, 15) is 9.59 Å². The Bertz CT molecular complexity index is 1470. The van der Waals surface area contributed by atoms with Gasteiger partial charge in [-0.2, -0.15) is 0 Å². The number of nitrogens with one attached hydrogen (secondary N) is 1. The Balaban J connectivity index is 1.30. The second kappa shape index (κ2) is 8.33. The predicted octanol–water partition coefficient (Wildman–Crippen LogP) is 5.34. The molecular formula is C23H15N3O3S2. The number of hydrogen-bond donors (Lipinski definition) is 1. The van der Waals surface area contributed by atoms with E-state index in [0.717, 1.165) is 10.1 Å². The summed E-state index contributed by atoms with van der Waals surface area (Å²) in [7, 11) is 0. The van der Waals surface area contributed by atoms with Gasteiger partial charge in [0.1, 0.15) is 11.1 Å². The highest BCUT2D eigenvalue weighted by molar-refractivity contribution is 8.00. The number of nitrogens with zero attached hydrogens (tertiary/aromatic N) is 2. The van der Waals surface area contributed by atoms with Crippen molar-refractivity contribution >= 4 is 55.9 Å². The fraction of sp³-hybridized carbons (Fsp3) is 0.0435. The summed E-state index contributed by atoms with van der Waals surface area (Å²) >= 11 is 2.82. The van der Waals surface area contributed by atoms with Gasteiger partial charge < -0.3 is 4.42 Å². The van der Waals surface area contributed by atoms with Gasteiger partial charge in [-0.05, 0) is 28.5 Å². The van der Waals surface area contributed by atoms with Crippen LogP contribution < -0.4 is 10.9 Å². The monoisotopic (exact) mass is 445 g/mol. The van der Waals surface area contributed by atoms with E-state index in [4.69, 9.17) is 4.42 Å². The van der Waals surface area contributed by atoms with Crippen LogP contribution in [0.5, 0.6) is 0 Å². The van der Waals surface area contributed by atoms with Gasteiger partial charge in [0.15, 0.2) is 4.34 Å². The molecular weight excluding hydrogens is 430 g/mol. The molecule has 0 spiro atoms. The molecule has 2 heterocycles. The van der Waals surface area contributed by atoms with E-state index in [-0.39, 0.29) is 5.56 Å². The molecule has 0 bridgehead atoms. The van der Waals surface area contributed by atoms with Crippen molar-refractivity contribution in [1.29, 1.82) is 0 Å². The lowest BCUT2D eigenvalue weighted by Gasteiger charge is -2.04. The van der Waals surface area contributed by atoms with Crippen molar-refractivity contribution in [2.45, 2.75) is 10.1 Å². The number of thioether (sulfide) groups is 1. The summed E-state index contributed by atoms with van der Waals surface area (Å²) in [6.45, 7) is 0. The molecule has 2 aromatic heterocycles. The van der Waals surface area contributed by atoms with Crippen molar-refractivity contribution in [3.63, 3.8) is 0 Å². The number of amides is 1. The molecule has 3 aromatic carbocycles. The fourth-order valence-electron chi connectivity index (χ4n) is 3.26. The van der Waals surface area contributed by atoms with E-state index in [2.05, 4.69) is 39.8 Å². The Labute approximate surface area is 184 Å². The summed E-state index contributed by atoms with van der Waals surface area (Å²) in [5.74, 6) is 0.166. The lowest BCUT2D eigenvalue weighted by Crippen LogP contribution is -2.20. The molecule has 0 aliphatic heterocycles. The molecule has 152 valence electrons. The zero-order valence-electron chi connectivity index (χ0n) is 16.1. The van der Waals surface area contributed by atoms with Gasteiger partial charge in [-0.1, -0.05) is 83.8 Å². The average Bonchev–Trinajstić information content (AvgIpc) is 3.24. The topological polar surface area (TPSA) is 85.1 Å². The van der Waals surface area contributed by atoms with Crippen molar-refractivity contribution in [2.24, 2.45) is 0 Å². The zero-order valence-corrected chi connectivity index (χ0v) is 17.7. The molecule has 0 aliphatic carbocycles. The second-order valence-electron chi connectivity index (χ2n) is 6.74. The fourth-order valence-corrected chi connectivity index (χ4v) is 5.01. The third-order valence-electron chi connectivity index (χ3n) is 4.74. The molecule has 1 N–H and O–H groups in total. The van der Waals surface area contributed by atoms with Crippen LogP contribution in [0.15, 0.2) is 86.3 Å². The van der Waals surface area contributed by atoms with Crippen molar-refractivity contribution in [2.75, 3.05) is 5.32 Å². The Morgan fingerprint density at radius 1 is 0.968 bits per heavy atom. The largest absolute Gasteiger partial charge is 0.422 e. The highest BCUT2D eigenvalue weighted by atomic mass is 32.2. The standard InChI is InChI=1S/C23H15N3O3S2/c27-20(18-12-15-7-2-4-11-19(15)29-21(18)28)24-22-25-26-23(31-22)30-13-16-9-5-8-14-6-1-3-10-17(14)16/h1-12H,13H2,(H,24,25,27). The molecule has 0 radical (unpaired) electrons. The normalized spacial score (nSPS) is 11.1. The molecule has 0 fully saturated rings. The lowest BCUT2D eigenvalue weighted by atomic mass is 10.1. The molecule has 0 atom stereocenters. The van der Waals surface area contributed by atoms with Crippen molar-refractivity contribution in [3.05, 3.63) is 94.3 Å². The number of rotatable bonds is 5. The number of aromatic nitrogens is 2. The summed E-state index contributed by atoms with van der Waals surface area (Å²) in [6.07, 6.45) is 0. The maximum absolute atomic E-state index is 12.6. The predicted molar refractivity (Wildman–Crippen MR) is 124 cm³/mol. The summed E-state index contributed by atoms with van der Waals surface area (Å²) in [6, 6.07) is 23.0. The minimum absolute atomic E-state index is 0.0705. The van der Waals surface area contributed by atoms with Crippen molar-refractivity contribution < 1.29 is 9.21 Å². The summed E-state index contributed by atoms with van der Waals surface area (Å²) < 4.78 is 5.96. The highest BCUT2D eigenvalue weighted by Crippen LogP contribution is 2.31. The van der Waals surface area contributed by atoms with Gasteiger partial charge in [0.2, 0.25) is 5.13 Å². The van der Waals surface area contributed by atoms with Crippen molar-refractivity contribution in [1.82, 2.24) is 10.2 Å². The van der Waals surface area contributed by atoms with Crippen LogP contribution in [-0.2, 0) is 5.75 Å². The van der Waals surface area contributed by atoms with Gasteiger partial charge in [-0.15, -0.1) is 10.2 Å². The van der Waals surface area contributed by atoms with E-state index in [1.54, 1.807) is 30.0 Å². The quantitative estimate of drug-likeness (QED) is 0.223. The van der Waals surface area contributed by atoms with Gasteiger partial charge in [-0.25, -0.2) is 4.79 Å². The molecule has 6 nitrogen and oxygen atoms in total. The first kappa shape index (κ1) is 19.5. The molecule has 0 saturated heterocycles. The van der Waals surface area contributed by atoms with E-state index in [0.29, 0.717) is 16.1 Å². The second-order valence-corrected chi connectivity index (χ2v) is 8.94. The first-order chi connectivity index (χ1) is 15.2. The van der Waals surface area contributed by atoms with Crippen LogP contribution in [0.2, 0.25) is 0 Å². The Hall–Kier alpha value is -3.49. The Morgan fingerprint density at radius 2 is 1.74 bits per heavy atom. The van der Waals surface area contributed by atoms with Crippen LogP contribution >= 0.6 is 23.1 Å². The minimum atomic E-state index is -0.689. The first-order valence-corrected chi connectivity index (χ1v) is 11.2. The third-order valence-corrected chi connectivity index (χ3v) is 6.76. The van der Waals surface area contributed by atoms with Gasteiger partial charge in [0.05, 0.1) is 0 Å². The van der Waals surface area contributed by atoms with E-state index in [1.165, 1.54) is 33.7 Å². The molecule has 5 rings (SSSR count). The van der Waals surface area contributed by atoms with Crippen LogP contribution in [0, 0.1) is 0 Å². The molecule has 0 saturated carbocycles. The summed E-state index contributed by atoms with van der Waals surface area (Å²) in [4.78, 5) is 24.7. The Kier molecular flexibility index (Phi) is 5.23. The van der Waals surface area contributed by atoms with E-state index < -0.39 is 11.5 Å². The number of benzene rings is 3. The SMILES string of the molecule is O=C(Nc1nnc(SCc2cccc3ccccc23)s1)c1cc2ccccc2oc1=O.